The first-order chi connectivity index (χ1) is 12.8. The normalized spacial score (nSPS) is 26.3. The van der Waals surface area contributed by atoms with Crippen LogP contribution >= 0.6 is 0 Å². The van der Waals surface area contributed by atoms with Gasteiger partial charge in [-0.2, -0.15) is 0 Å². The average Bonchev–Trinajstić information content (AvgIpc) is 3.24. The van der Waals surface area contributed by atoms with Crippen molar-refractivity contribution in [1.29, 1.82) is 0 Å². The maximum Gasteiger partial charge on any atom is 0.241 e. The fourth-order valence-corrected chi connectivity index (χ4v) is 4.62. The molecule has 4 rings (SSSR count). The molecule has 26 heavy (non-hydrogen) atoms. The van der Waals surface area contributed by atoms with Crippen molar-refractivity contribution in [2.45, 2.75) is 44.3 Å². The van der Waals surface area contributed by atoms with Crippen LogP contribution in [0.1, 0.15) is 31.2 Å². The van der Waals surface area contributed by atoms with Crippen molar-refractivity contribution in [3.05, 3.63) is 30.1 Å². The smallest absolute Gasteiger partial charge is 0.241 e. The lowest BCUT2D eigenvalue weighted by atomic mass is 10.0. The SMILES string of the molecule is O=C(C1CN(C2CCN(Cc3cccnc3)CC2)CCN1)N1CCCC1. The largest absolute Gasteiger partial charge is 0.341 e. The minimum Gasteiger partial charge on any atom is -0.341 e. The number of carbonyl (C=O) groups excluding carboxylic acids is 1. The summed E-state index contributed by atoms with van der Waals surface area (Å²) in [6.45, 7) is 8.04. The van der Waals surface area contributed by atoms with E-state index >= 15 is 0 Å². The van der Waals surface area contributed by atoms with Gasteiger partial charge in [0.15, 0.2) is 0 Å². The highest BCUT2D eigenvalue weighted by Gasteiger charge is 2.33. The van der Waals surface area contributed by atoms with Crippen LogP contribution in [0.3, 0.4) is 0 Å². The Labute approximate surface area is 156 Å². The molecule has 0 aromatic carbocycles. The first-order valence-electron chi connectivity index (χ1n) is 10.2. The summed E-state index contributed by atoms with van der Waals surface area (Å²) < 4.78 is 0. The lowest BCUT2D eigenvalue weighted by molar-refractivity contribution is -0.133. The first-order valence-corrected chi connectivity index (χ1v) is 10.2. The fraction of sp³-hybridized carbons (Fsp3) is 0.700. The Kier molecular flexibility index (Phi) is 5.82. The number of nitrogens with one attached hydrogen (secondary N) is 1. The number of piperazine rings is 1. The second kappa shape index (κ2) is 8.46. The molecule has 3 aliphatic heterocycles. The highest BCUT2D eigenvalue weighted by Crippen LogP contribution is 2.20. The Morgan fingerprint density at radius 1 is 1.15 bits per heavy atom. The molecule has 0 saturated carbocycles. The van der Waals surface area contributed by atoms with Crippen molar-refractivity contribution < 1.29 is 4.79 Å². The number of pyridine rings is 1. The van der Waals surface area contributed by atoms with Gasteiger partial charge >= 0.3 is 0 Å². The van der Waals surface area contributed by atoms with E-state index in [1.807, 2.05) is 18.5 Å². The summed E-state index contributed by atoms with van der Waals surface area (Å²) in [4.78, 5) is 24.1. The van der Waals surface area contributed by atoms with Crippen LogP contribution in [-0.2, 0) is 11.3 Å². The number of likely N-dealkylation sites (tertiary alicyclic amines) is 2. The highest BCUT2D eigenvalue weighted by atomic mass is 16.2. The molecular formula is C20H31N5O. The molecular weight excluding hydrogens is 326 g/mol. The molecule has 0 radical (unpaired) electrons. The molecule has 1 aromatic rings. The van der Waals surface area contributed by atoms with E-state index in [9.17, 15) is 4.79 Å². The zero-order valence-corrected chi connectivity index (χ0v) is 15.6. The van der Waals surface area contributed by atoms with Crippen molar-refractivity contribution in [3.63, 3.8) is 0 Å². The quantitative estimate of drug-likeness (QED) is 0.869. The molecule has 3 fully saturated rings. The van der Waals surface area contributed by atoms with Crippen LogP contribution in [0.4, 0.5) is 0 Å². The topological polar surface area (TPSA) is 51.7 Å². The number of aromatic nitrogens is 1. The van der Waals surface area contributed by atoms with Gasteiger partial charge in [0.05, 0.1) is 6.04 Å². The Bertz CT molecular complexity index is 581. The van der Waals surface area contributed by atoms with Crippen LogP contribution < -0.4 is 5.32 Å². The molecule has 3 saturated heterocycles. The van der Waals surface area contributed by atoms with Gasteiger partial charge < -0.3 is 10.2 Å². The molecule has 0 bridgehead atoms. The fourth-order valence-electron chi connectivity index (χ4n) is 4.62. The summed E-state index contributed by atoms with van der Waals surface area (Å²) >= 11 is 0. The minimum absolute atomic E-state index is 0.00438. The van der Waals surface area contributed by atoms with Gasteiger partial charge in [0, 0.05) is 57.7 Å². The molecule has 6 heteroatoms. The summed E-state index contributed by atoms with van der Waals surface area (Å²) in [6, 6.07) is 4.79. The van der Waals surface area contributed by atoms with Crippen LogP contribution in [0, 0.1) is 0 Å². The lowest BCUT2D eigenvalue weighted by Gasteiger charge is -2.42. The van der Waals surface area contributed by atoms with E-state index in [4.69, 9.17) is 0 Å². The predicted molar refractivity (Wildman–Crippen MR) is 102 cm³/mol. The molecule has 1 atom stereocenters. The molecule has 0 aliphatic carbocycles. The van der Waals surface area contributed by atoms with Crippen molar-refractivity contribution in [2.24, 2.45) is 0 Å². The van der Waals surface area contributed by atoms with Gasteiger partial charge in [-0.3, -0.25) is 19.6 Å². The van der Waals surface area contributed by atoms with E-state index in [1.54, 1.807) is 0 Å². The van der Waals surface area contributed by atoms with E-state index < -0.39 is 0 Å². The number of rotatable bonds is 4. The van der Waals surface area contributed by atoms with Crippen LogP contribution in [0.15, 0.2) is 24.5 Å². The zero-order chi connectivity index (χ0) is 17.8. The molecule has 4 heterocycles. The predicted octanol–water partition coefficient (Wildman–Crippen LogP) is 0.942. The second-order valence-electron chi connectivity index (χ2n) is 7.90. The third kappa shape index (κ3) is 4.24. The van der Waals surface area contributed by atoms with Crippen molar-refractivity contribution in [1.82, 2.24) is 25.0 Å². The van der Waals surface area contributed by atoms with Crippen LogP contribution in [0.5, 0.6) is 0 Å². The number of hydrogen-bond acceptors (Lipinski definition) is 5. The van der Waals surface area contributed by atoms with Gasteiger partial charge in [-0.25, -0.2) is 0 Å². The van der Waals surface area contributed by atoms with Crippen molar-refractivity contribution in [2.75, 3.05) is 45.8 Å². The molecule has 142 valence electrons. The number of nitrogens with zero attached hydrogens (tertiary/aromatic N) is 4. The Hall–Kier alpha value is -1.50. The Morgan fingerprint density at radius 3 is 2.69 bits per heavy atom. The van der Waals surface area contributed by atoms with E-state index in [0.717, 1.165) is 65.2 Å². The summed E-state index contributed by atoms with van der Waals surface area (Å²) in [5, 5.41) is 3.46. The van der Waals surface area contributed by atoms with E-state index in [2.05, 4.69) is 31.1 Å². The zero-order valence-electron chi connectivity index (χ0n) is 15.6. The Balaban J connectivity index is 1.26. The molecule has 0 spiro atoms. The monoisotopic (exact) mass is 357 g/mol. The molecule has 1 unspecified atom stereocenters. The van der Waals surface area contributed by atoms with Crippen LogP contribution in [0.25, 0.3) is 0 Å². The molecule has 6 nitrogen and oxygen atoms in total. The van der Waals surface area contributed by atoms with E-state index in [-0.39, 0.29) is 6.04 Å². The Morgan fingerprint density at radius 2 is 1.96 bits per heavy atom. The van der Waals surface area contributed by atoms with Gasteiger partial charge in [-0.15, -0.1) is 0 Å². The second-order valence-corrected chi connectivity index (χ2v) is 7.90. The number of amides is 1. The van der Waals surface area contributed by atoms with Gasteiger partial charge in [-0.1, -0.05) is 6.07 Å². The summed E-state index contributed by atoms with van der Waals surface area (Å²) in [7, 11) is 0. The van der Waals surface area contributed by atoms with Gasteiger partial charge in [0.2, 0.25) is 5.91 Å². The highest BCUT2D eigenvalue weighted by molar-refractivity contribution is 5.82. The molecule has 1 amide bonds. The lowest BCUT2D eigenvalue weighted by Crippen LogP contribution is -2.60. The molecule has 1 N–H and O–H groups in total. The standard InChI is InChI=1S/C20H31N5O/c26-20(24-9-1-2-10-24)19-16-25(13-8-22-19)18-5-11-23(12-6-18)15-17-4-3-7-21-14-17/h3-4,7,14,18-19,22H,1-2,5-6,8-13,15-16H2. The maximum absolute atomic E-state index is 12.7. The summed E-state index contributed by atoms with van der Waals surface area (Å²) in [6.07, 6.45) is 8.53. The minimum atomic E-state index is -0.00438. The van der Waals surface area contributed by atoms with Crippen LogP contribution in [-0.4, -0.2) is 83.5 Å². The number of piperidine rings is 1. The first kappa shape index (κ1) is 17.9. The van der Waals surface area contributed by atoms with Gasteiger partial charge in [-0.05, 0) is 50.4 Å². The van der Waals surface area contributed by atoms with Crippen molar-refractivity contribution in [3.8, 4) is 0 Å². The molecule has 3 aliphatic rings. The van der Waals surface area contributed by atoms with E-state index in [0.29, 0.717) is 11.9 Å². The van der Waals surface area contributed by atoms with Crippen LogP contribution in [0.2, 0.25) is 0 Å². The van der Waals surface area contributed by atoms with E-state index in [1.165, 1.54) is 18.4 Å². The molecule has 1 aromatic heterocycles. The summed E-state index contributed by atoms with van der Waals surface area (Å²) in [5.74, 6) is 0.321. The van der Waals surface area contributed by atoms with Crippen molar-refractivity contribution >= 4 is 5.91 Å². The summed E-state index contributed by atoms with van der Waals surface area (Å²) in [5.41, 5.74) is 1.30. The number of carbonyl (C=O) groups is 1. The van der Waals surface area contributed by atoms with Gasteiger partial charge in [0.25, 0.3) is 0 Å². The maximum atomic E-state index is 12.7. The average molecular weight is 358 g/mol. The third-order valence-electron chi connectivity index (χ3n) is 6.13. The number of hydrogen-bond donors (Lipinski definition) is 1. The third-order valence-corrected chi connectivity index (χ3v) is 6.13. The van der Waals surface area contributed by atoms with Gasteiger partial charge in [0.1, 0.15) is 0 Å².